The fourth-order valence-corrected chi connectivity index (χ4v) is 0.949. The molecule has 0 aliphatic heterocycles. The Balaban J connectivity index is 2.63. The van der Waals surface area contributed by atoms with Crippen LogP contribution >= 0.6 is 0 Å². The van der Waals surface area contributed by atoms with Crippen molar-refractivity contribution in [2.24, 2.45) is 0 Å². The third-order valence-electron chi connectivity index (χ3n) is 0.500. The Hall–Kier alpha value is 0.479. The van der Waals surface area contributed by atoms with E-state index < -0.39 is 0 Å². The van der Waals surface area contributed by atoms with Gasteiger partial charge in [-0.2, -0.15) is 0 Å². The van der Waals surface area contributed by atoms with Gasteiger partial charge in [0.2, 0.25) is 0 Å². The fourth-order valence-electron chi connectivity index (χ4n) is 0.183. The van der Waals surface area contributed by atoms with Crippen molar-refractivity contribution in [2.75, 3.05) is 6.61 Å². The number of hydrogen-bond acceptors (Lipinski definition) is 1. The van der Waals surface area contributed by atoms with Crippen molar-refractivity contribution in [3.63, 3.8) is 0 Å². The Labute approximate surface area is 43.3 Å². The van der Waals surface area contributed by atoms with E-state index in [4.69, 9.17) is 5.11 Å². The molecule has 0 spiro atoms. The summed E-state index contributed by atoms with van der Waals surface area (Å²) in [6.07, 6.45) is 0. The molecule has 0 heterocycles. The predicted octanol–water partition coefficient (Wildman–Crippen LogP) is 0.733. The first kappa shape index (κ1) is 6.48. The quantitative estimate of drug-likeness (QED) is 0.581. The second kappa shape index (κ2) is 3.66. The maximum atomic E-state index is 8.27. The monoisotopic (exact) mass is 155 g/mol. The summed E-state index contributed by atoms with van der Waals surface area (Å²) in [6.45, 7) is 0.387. The van der Waals surface area contributed by atoms with Gasteiger partial charge < -0.3 is 0 Å². The average molecular weight is 154 g/mol. The van der Waals surface area contributed by atoms with E-state index in [2.05, 4.69) is 11.6 Å². The molecule has 0 amide bonds. The molecule has 0 bridgehead atoms. The van der Waals surface area contributed by atoms with E-state index in [1.807, 2.05) is 0 Å². The molecule has 0 aromatic heterocycles. The molecular weight excluding hydrogens is 143 g/mol. The van der Waals surface area contributed by atoms with E-state index in [9.17, 15) is 0 Å². The van der Waals surface area contributed by atoms with Crippen LogP contribution in [0.3, 0.4) is 0 Å². The van der Waals surface area contributed by atoms with Gasteiger partial charge in [0.1, 0.15) is 0 Å². The van der Waals surface area contributed by atoms with Crippen LogP contribution in [0.15, 0.2) is 0 Å². The van der Waals surface area contributed by atoms with E-state index in [0.717, 1.165) is 5.32 Å². The maximum absolute atomic E-state index is 8.27. The van der Waals surface area contributed by atoms with E-state index in [1.165, 1.54) is 0 Å². The molecule has 6 heavy (non-hydrogen) atoms. The molecule has 2 heteroatoms. The van der Waals surface area contributed by atoms with Gasteiger partial charge in [0.05, 0.1) is 0 Å². The van der Waals surface area contributed by atoms with Crippen molar-refractivity contribution in [3.8, 4) is 0 Å². The average Bonchev–Trinajstić information content (AvgIpc) is 1.35. The topological polar surface area (TPSA) is 20.2 Å². The molecule has 0 saturated heterocycles. The summed E-state index contributed by atoms with van der Waals surface area (Å²) < 4.78 is 0. The molecule has 0 aromatic carbocycles. The van der Waals surface area contributed by atoms with E-state index in [0.29, 0.717) is 6.61 Å². The molecular formula is C4H11OSe+. The molecule has 0 aromatic rings. The third-order valence-corrected chi connectivity index (χ3v) is 2.60. The second-order valence-electron chi connectivity index (χ2n) is 1.41. The molecule has 0 aliphatic rings. The molecule has 0 unspecified atom stereocenters. The number of hydrogen-bond donors (Lipinski definition) is 1. The molecule has 0 saturated carbocycles. The fraction of sp³-hybridized carbons (Fsp3) is 1.00. The van der Waals surface area contributed by atoms with E-state index in [1.54, 1.807) is 0 Å². The molecule has 38 valence electrons. The summed E-state index contributed by atoms with van der Waals surface area (Å²) in [5, 5.41) is 9.32. The van der Waals surface area contributed by atoms with Crippen molar-refractivity contribution in [2.45, 2.75) is 17.0 Å². The zero-order chi connectivity index (χ0) is 4.99. The second-order valence-corrected chi connectivity index (χ2v) is 6.41. The summed E-state index contributed by atoms with van der Waals surface area (Å²) in [4.78, 5) is 0. The Bertz CT molecular complexity index is 28.7. The van der Waals surface area contributed by atoms with Crippen LogP contribution in [0.1, 0.15) is 0 Å². The van der Waals surface area contributed by atoms with Gasteiger partial charge in [0.15, 0.2) is 0 Å². The van der Waals surface area contributed by atoms with Crippen LogP contribution in [0.5, 0.6) is 0 Å². The summed E-state index contributed by atoms with van der Waals surface area (Å²) in [5.74, 6) is 4.44. The summed E-state index contributed by atoms with van der Waals surface area (Å²) >= 11 is -0.314. The number of rotatable bonds is 2. The zero-order valence-corrected chi connectivity index (χ0v) is 5.98. The molecule has 0 aliphatic carbocycles. The van der Waals surface area contributed by atoms with Crippen molar-refractivity contribution >= 4 is 13.9 Å². The number of aliphatic hydroxyl groups excluding tert-OH is 1. The standard InChI is InChI=1S/C4H11OSe/c1-6(2)4-3-5/h5H,3-4H2,1-2H3/q+1. The zero-order valence-electron chi connectivity index (χ0n) is 4.27. The predicted molar refractivity (Wildman–Crippen MR) is 29.4 cm³/mol. The Kier molecular flexibility index (Phi) is 3.95. The van der Waals surface area contributed by atoms with E-state index >= 15 is 0 Å². The Morgan fingerprint density at radius 2 is 2.00 bits per heavy atom. The van der Waals surface area contributed by atoms with Crippen LogP contribution in [0.4, 0.5) is 0 Å². The van der Waals surface area contributed by atoms with Gasteiger partial charge in [0, 0.05) is 0 Å². The van der Waals surface area contributed by atoms with Gasteiger partial charge in [-0.25, -0.2) is 0 Å². The van der Waals surface area contributed by atoms with Crippen LogP contribution in [-0.2, 0) is 0 Å². The van der Waals surface area contributed by atoms with E-state index in [-0.39, 0.29) is 13.9 Å². The van der Waals surface area contributed by atoms with Gasteiger partial charge in [-0.15, -0.1) is 0 Å². The summed E-state index contributed by atoms with van der Waals surface area (Å²) in [6, 6.07) is 0. The van der Waals surface area contributed by atoms with Crippen LogP contribution in [-0.4, -0.2) is 25.6 Å². The SMILES string of the molecule is C[Se+](C)CCO. The molecule has 0 rings (SSSR count). The van der Waals surface area contributed by atoms with Gasteiger partial charge in [-0.05, 0) is 0 Å². The molecule has 1 nitrogen and oxygen atoms in total. The molecule has 0 radical (unpaired) electrons. The molecule has 0 atom stereocenters. The van der Waals surface area contributed by atoms with Gasteiger partial charge in [-0.3, -0.25) is 0 Å². The molecule has 1 N–H and O–H groups in total. The Morgan fingerprint density at radius 1 is 1.50 bits per heavy atom. The van der Waals surface area contributed by atoms with Crippen LogP contribution in [0, 0.1) is 0 Å². The van der Waals surface area contributed by atoms with Gasteiger partial charge >= 0.3 is 42.6 Å². The van der Waals surface area contributed by atoms with Crippen LogP contribution in [0.25, 0.3) is 0 Å². The van der Waals surface area contributed by atoms with Gasteiger partial charge in [-0.1, -0.05) is 0 Å². The normalized spacial score (nSPS) is 10.0. The van der Waals surface area contributed by atoms with Crippen molar-refractivity contribution in [1.29, 1.82) is 0 Å². The first-order chi connectivity index (χ1) is 2.77. The summed E-state index contributed by atoms with van der Waals surface area (Å²) in [5.41, 5.74) is 0. The first-order valence-corrected chi connectivity index (χ1v) is 6.56. The summed E-state index contributed by atoms with van der Waals surface area (Å²) in [7, 11) is 0. The van der Waals surface area contributed by atoms with Crippen molar-refractivity contribution < 1.29 is 5.11 Å². The minimum atomic E-state index is -0.314. The minimum absolute atomic E-state index is 0.314. The van der Waals surface area contributed by atoms with Crippen molar-refractivity contribution in [3.05, 3.63) is 0 Å². The van der Waals surface area contributed by atoms with Crippen LogP contribution < -0.4 is 0 Å². The third kappa shape index (κ3) is 4.48. The number of aliphatic hydroxyl groups is 1. The van der Waals surface area contributed by atoms with Crippen LogP contribution in [0.2, 0.25) is 17.0 Å². The van der Waals surface area contributed by atoms with Gasteiger partial charge in [0.25, 0.3) is 0 Å². The molecule has 0 fully saturated rings. The van der Waals surface area contributed by atoms with Crippen molar-refractivity contribution in [1.82, 2.24) is 0 Å². The Morgan fingerprint density at radius 3 is 2.00 bits per heavy atom. The first-order valence-electron chi connectivity index (χ1n) is 1.92.